The highest BCUT2D eigenvalue weighted by molar-refractivity contribution is 6.29. The number of carbonyl (C=O) groups is 1. The van der Waals surface area contributed by atoms with Gasteiger partial charge in [-0.05, 0) is 6.42 Å². The molecule has 0 aliphatic rings. The number of hydrogen-bond donors (Lipinski definition) is 1. The van der Waals surface area contributed by atoms with Gasteiger partial charge in [-0.3, -0.25) is 9.78 Å². The molecule has 1 unspecified atom stereocenters. The van der Waals surface area contributed by atoms with Gasteiger partial charge < -0.3 is 5.32 Å². The molecule has 1 atom stereocenters. The lowest BCUT2D eigenvalue weighted by Gasteiger charge is -2.12. The second-order valence-electron chi connectivity index (χ2n) is 3.17. The van der Waals surface area contributed by atoms with E-state index in [0.29, 0.717) is 6.42 Å². The molecule has 1 aromatic rings. The van der Waals surface area contributed by atoms with E-state index in [1.807, 2.05) is 13.0 Å². The minimum Gasteiger partial charge on any atom is -0.347 e. The van der Waals surface area contributed by atoms with Gasteiger partial charge in [0.1, 0.15) is 10.8 Å². The molecule has 0 saturated heterocycles. The first-order valence-electron chi connectivity index (χ1n) is 4.82. The Bertz CT molecular complexity index is 416. The Morgan fingerprint density at radius 3 is 3.00 bits per heavy atom. The van der Waals surface area contributed by atoms with E-state index in [2.05, 4.69) is 15.3 Å². The van der Waals surface area contributed by atoms with Crippen LogP contribution in [0.5, 0.6) is 0 Å². The molecule has 0 spiro atoms. The molecule has 1 rings (SSSR count). The van der Waals surface area contributed by atoms with Crippen LogP contribution in [0.1, 0.15) is 30.3 Å². The Balaban J connectivity index is 2.68. The molecule has 0 bridgehead atoms. The van der Waals surface area contributed by atoms with Gasteiger partial charge in [0.05, 0.1) is 24.9 Å². The molecule has 1 N–H and O–H groups in total. The number of hydrogen-bond acceptors (Lipinski definition) is 4. The van der Waals surface area contributed by atoms with Crippen molar-refractivity contribution in [2.24, 2.45) is 0 Å². The Morgan fingerprint density at radius 2 is 2.44 bits per heavy atom. The summed E-state index contributed by atoms with van der Waals surface area (Å²) in [5.74, 6) is -0.364. The normalized spacial score (nSPS) is 11.6. The van der Waals surface area contributed by atoms with Gasteiger partial charge in [0.2, 0.25) is 0 Å². The third-order valence-corrected chi connectivity index (χ3v) is 2.19. The van der Waals surface area contributed by atoms with Crippen LogP contribution in [0.3, 0.4) is 0 Å². The van der Waals surface area contributed by atoms with Crippen molar-refractivity contribution < 1.29 is 4.79 Å². The van der Waals surface area contributed by atoms with Crippen LogP contribution in [0, 0.1) is 11.3 Å². The summed E-state index contributed by atoms with van der Waals surface area (Å²) in [5, 5.41) is 11.4. The highest BCUT2D eigenvalue weighted by atomic mass is 35.5. The fraction of sp³-hybridized carbons (Fsp3) is 0.400. The number of nitrogens with zero attached hydrogens (tertiary/aromatic N) is 3. The van der Waals surface area contributed by atoms with E-state index >= 15 is 0 Å². The van der Waals surface area contributed by atoms with E-state index in [1.165, 1.54) is 12.4 Å². The summed E-state index contributed by atoms with van der Waals surface area (Å²) in [6, 6.07) is 1.84. The largest absolute Gasteiger partial charge is 0.347 e. The van der Waals surface area contributed by atoms with Crippen LogP contribution in [0.15, 0.2) is 12.4 Å². The van der Waals surface area contributed by atoms with Gasteiger partial charge in [0, 0.05) is 6.04 Å². The fourth-order valence-electron chi connectivity index (χ4n) is 1.12. The summed E-state index contributed by atoms with van der Waals surface area (Å²) in [6.07, 6.45) is 3.65. The molecule has 6 heteroatoms. The monoisotopic (exact) mass is 238 g/mol. The fourth-order valence-corrected chi connectivity index (χ4v) is 1.27. The molecule has 1 heterocycles. The summed E-state index contributed by atoms with van der Waals surface area (Å²) in [7, 11) is 0. The van der Waals surface area contributed by atoms with Crippen molar-refractivity contribution in [1.82, 2.24) is 15.3 Å². The van der Waals surface area contributed by atoms with Crippen LogP contribution in [0.2, 0.25) is 5.15 Å². The van der Waals surface area contributed by atoms with Gasteiger partial charge in [-0.2, -0.15) is 5.26 Å². The van der Waals surface area contributed by atoms with Gasteiger partial charge in [0.25, 0.3) is 5.91 Å². The zero-order chi connectivity index (χ0) is 12.0. The molecule has 0 fully saturated rings. The molecule has 0 aromatic carbocycles. The smallest absolute Gasteiger partial charge is 0.271 e. The molecule has 0 aliphatic heterocycles. The van der Waals surface area contributed by atoms with E-state index in [0.717, 1.165) is 0 Å². The summed E-state index contributed by atoms with van der Waals surface area (Å²) in [5.41, 5.74) is 0.156. The van der Waals surface area contributed by atoms with E-state index < -0.39 is 0 Å². The number of rotatable bonds is 4. The second kappa shape index (κ2) is 6.03. The maximum Gasteiger partial charge on any atom is 0.271 e. The first-order valence-corrected chi connectivity index (χ1v) is 5.20. The second-order valence-corrected chi connectivity index (χ2v) is 3.56. The molecule has 5 nitrogen and oxygen atoms in total. The molecule has 1 aromatic heterocycles. The van der Waals surface area contributed by atoms with Crippen LogP contribution >= 0.6 is 11.6 Å². The van der Waals surface area contributed by atoms with Crippen LogP contribution in [-0.2, 0) is 0 Å². The number of nitrogens with one attached hydrogen (secondary N) is 1. The van der Waals surface area contributed by atoms with Gasteiger partial charge in [-0.1, -0.05) is 18.5 Å². The standard InChI is InChI=1S/C10H11ClN4O/c1-2-7(3-4-12)14-10(16)8-5-13-6-9(11)15-8/h5-7H,2-3H2,1H3,(H,14,16). The molecular weight excluding hydrogens is 228 g/mol. The van der Waals surface area contributed by atoms with E-state index in [9.17, 15) is 4.79 Å². The number of aromatic nitrogens is 2. The molecule has 16 heavy (non-hydrogen) atoms. The van der Waals surface area contributed by atoms with Crippen molar-refractivity contribution in [2.45, 2.75) is 25.8 Å². The van der Waals surface area contributed by atoms with Crippen molar-refractivity contribution in [1.29, 1.82) is 5.26 Å². The molecule has 1 amide bonds. The summed E-state index contributed by atoms with van der Waals surface area (Å²) in [6.45, 7) is 1.89. The van der Waals surface area contributed by atoms with Crippen LogP contribution in [-0.4, -0.2) is 21.9 Å². The number of nitriles is 1. The van der Waals surface area contributed by atoms with Gasteiger partial charge in [-0.15, -0.1) is 0 Å². The van der Waals surface area contributed by atoms with Crippen LogP contribution in [0.4, 0.5) is 0 Å². The highest BCUT2D eigenvalue weighted by Gasteiger charge is 2.13. The number of halogens is 1. The molecule has 0 saturated carbocycles. The third kappa shape index (κ3) is 3.48. The Kier molecular flexibility index (Phi) is 4.67. The third-order valence-electron chi connectivity index (χ3n) is 2.00. The predicted octanol–water partition coefficient (Wildman–Crippen LogP) is 1.55. The maximum atomic E-state index is 11.7. The van der Waals surface area contributed by atoms with Crippen molar-refractivity contribution in [2.75, 3.05) is 0 Å². The number of amides is 1. The van der Waals surface area contributed by atoms with Crippen molar-refractivity contribution in [3.05, 3.63) is 23.2 Å². The SMILES string of the molecule is CCC(CC#N)NC(=O)c1cncc(Cl)n1. The lowest BCUT2D eigenvalue weighted by atomic mass is 10.1. The highest BCUT2D eigenvalue weighted by Crippen LogP contribution is 2.04. The van der Waals surface area contributed by atoms with E-state index in [-0.39, 0.29) is 29.2 Å². The molecular formula is C10H11ClN4O. The van der Waals surface area contributed by atoms with Crippen molar-refractivity contribution in [3.63, 3.8) is 0 Å². The summed E-state index contributed by atoms with van der Waals surface area (Å²) in [4.78, 5) is 19.3. The lowest BCUT2D eigenvalue weighted by molar-refractivity contribution is 0.0931. The van der Waals surface area contributed by atoms with Crippen molar-refractivity contribution in [3.8, 4) is 6.07 Å². The van der Waals surface area contributed by atoms with Gasteiger partial charge in [0.15, 0.2) is 0 Å². The maximum absolute atomic E-state index is 11.7. The van der Waals surface area contributed by atoms with Gasteiger partial charge >= 0.3 is 0 Å². The lowest BCUT2D eigenvalue weighted by Crippen LogP contribution is -2.34. The molecule has 84 valence electrons. The zero-order valence-electron chi connectivity index (χ0n) is 8.77. The summed E-state index contributed by atoms with van der Waals surface area (Å²) < 4.78 is 0. The average molecular weight is 239 g/mol. The first-order chi connectivity index (χ1) is 7.67. The zero-order valence-corrected chi connectivity index (χ0v) is 9.53. The Hall–Kier alpha value is -1.67. The quantitative estimate of drug-likeness (QED) is 0.863. The van der Waals surface area contributed by atoms with E-state index in [1.54, 1.807) is 0 Å². The van der Waals surface area contributed by atoms with Crippen molar-refractivity contribution >= 4 is 17.5 Å². The summed E-state index contributed by atoms with van der Waals surface area (Å²) >= 11 is 5.61. The first kappa shape index (κ1) is 12.4. The molecule has 0 aliphatic carbocycles. The van der Waals surface area contributed by atoms with Crippen LogP contribution < -0.4 is 5.32 Å². The van der Waals surface area contributed by atoms with Gasteiger partial charge in [-0.25, -0.2) is 4.98 Å². The minimum absolute atomic E-state index is 0.156. The Morgan fingerprint density at radius 1 is 1.69 bits per heavy atom. The number of carbonyl (C=O) groups excluding carboxylic acids is 1. The predicted molar refractivity (Wildman–Crippen MR) is 58.8 cm³/mol. The molecule has 0 radical (unpaired) electrons. The average Bonchev–Trinajstić information content (AvgIpc) is 2.28. The van der Waals surface area contributed by atoms with Crippen LogP contribution in [0.25, 0.3) is 0 Å². The minimum atomic E-state index is -0.364. The Labute approximate surface area is 98.5 Å². The van der Waals surface area contributed by atoms with E-state index in [4.69, 9.17) is 16.9 Å². The topological polar surface area (TPSA) is 78.7 Å².